The summed E-state index contributed by atoms with van der Waals surface area (Å²) in [6, 6.07) is 10.8. The van der Waals surface area contributed by atoms with Gasteiger partial charge in [0.1, 0.15) is 0 Å². The van der Waals surface area contributed by atoms with Crippen molar-refractivity contribution in [2.45, 2.75) is 19.3 Å². The molecule has 1 aliphatic carbocycles. The number of carbonyl (C=O) groups excluding carboxylic acids is 3. The van der Waals surface area contributed by atoms with Gasteiger partial charge in [-0.3, -0.25) is 19.7 Å². The first-order chi connectivity index (χ1) is 12.1. The molecule has 0 atom stereocenters. The van der Waals surface area contributed by atoms with E-state index in [2.05, 4.69) is 22.0 Å². The topological polar surface area (TPSA) is 87.3 Å². The minimum atomic E-state index is -0.436. The quantitative estimate of drug-likeness (QED) is 0.747. The normalized spacial score (nSPS) is 14.7. The number of rotatable bonds is 4. The molecule has 126 valence electrons. The average molecular weight is 335 g/mol. The van der Waals surface area contributed by atoms with Crippen LogP contribution >= 0.6 is 0 Å². The fraction of sp³-hybridized carbons (Fsp3) is 0.211. The standard InChI is InChI=1S/C19H17N3O3/c23-17(10-20-16-6-2-4-11-3-1-5-13(11)16)21-12-7-8-14-15(9-12)19(25)22-18(14)24/h2,4,6-9,20H,1,3,5,10H2,(H,21,23)(H,22,24,25). The number of fused-ring (bicyclic) bond motifs is 2. The van der Waals surface area contributed by atoms with Crippen molar-refractivity contribution in [3.05, 3.63) is 58.7 Å². The number of benzene rings is 2. The number of hydrogen-bond acceptors (Lipinski definition) is 4. The summed E-state index contributed by atoms with van der Waals surface area (Å²) in [5.41, 5.74) is 4.76. The average Bonchev–Trinajstić information content (AvgIpc) is 3.18. The van der Waals surface area contributed by atoms with Gasteiger partial charge in [-0.05, 0) is 54.7 Å². The number of aryl methyl sites for hydroxylation is 1. The maximum Gasteiger partial charge on any atom is 0.259 e. The molecule has 0 fully saturated rings. The van der Waals surface area contributed by atoms with Gasteiger partial charge in [0, 0.05) is 11.4 Å². The molecule has 4 rings (SSSR count). The van der Waals surface area contributed by atoms with E-state index in [-0.39, 0.29) is 18.0 Å². The molecule has 25 heavy (non-hydrogen) atoms. The highest BCUT2D eigenvalue weighted by atomic mass is 16.2. The highest BCUT2D eigenvalue weighted by molar-refractivity contribution is 6.22. The Bertz CT molecular complexity index is 905. The summed E-state index contributed by atoms with van der Waals surface area (Å²) in [7, 11) is 0. The zero-order chi connectivity index (χ0) is 17.4. The summed E-state index contributed by atoms with van der Waals surface area (Å²) in [5.74, 6) is -1.05. The fourth-order valence-electron chi connectivity index (χ4n) is 3.41. The first-order valence-corrected chi connectivity index (χ1v) is 8.26. The van der Waals surface area contributed by atoms with Crippen molar-refractivity contribution in [1.82, 2.24) is 5.32 Å². The zero-order valence-corrected chi connectivity index (χ0v) is 13.5. The molecule has 0 saturated heterocycles. The van der Waals surface area contributed by atoms with Gasteiger partial charge in [0.05, 0.1) is 17.7 Å². The lowest BCUT2D eigenvalue weighted by Crippen LogP contribution is -2.22. The lowest BCUT2D eigenvalue weighted by molar-refractivity contribution is -0.114. The minimum Gasteiger partial charge on any atom is -0.376 e. The van der Waals surface area contributed by atoms with Crippen LogP contribution in [0.2, 0.25) is 0 Å². The van der Waals surface area contributed by atoms with Crippen molar-refractivity contribution in [1.29, 1.82) is 0 Å². The van der Waals surface area contributed by atoms with Gasteiger partial charge in [-0.15, -0.1) is 0 Å². The summed E-state index contributed by atoms with van der Waals surface area (Å²) >= 11 is 0. The molecule has 3 amide bonds. The molecule has 6 nitrogen and oxygen atoms in total. The molecule has 0 unspecified atom stereocenters. The van der Waals surface area contributed by atoms with Gasteiger partial charge in [0.25, 0.3) is 11.8 Å². The Hall–Kier alpha value is -3.15. The van der Waals surface area contributed by atoms with Gasteiger partial charge in [-0.25, -0.2) is 0 Å². The zero-order valence-electron chi connectivity index (χ0n) is 13.5. The monoisotopic (exact) mass is 335 g/mol. The van der Waals surface area contributed by atoms with E-state index in [0.29, 0.717) is 11.3 Å². The van der Waals surface area contributed by atoms with Gasteiger partial charge in [-0.2, -0.15) is 0 Å². The third kappa shape index (κ3) is 2.87. The van der Waals surface area contributed by atoms with Crippen LogP contribution in [0.5, 0.6) is 0 Å². The van der Waals surface area contributed by atoms with E-state index in [0.717, 1.165) is 24.9 Å². The van der Waals surface area contributed by atoms with Crippen LogP contribution in [0.4, 0.5) is 11.4 Å². The summed E-state index contributed by atoms with van der Waals surface area (Å²) in [6.07, 6.45) is 3.27. The predicted octanol–water partition coefficient (Wildman–Crippen LogP) is 2.11. The predicted molar refractivity (Wildman–Crippen MR) is 93.8 cm³/mol. The van der Waals surface area contributed by atoms with E-state index in [9.17, 15) is 14.4 Å². The molecule has 1 heterocycles. The Morgan fingerprint density at radius 2 is 1.88 bits per heavy atom. The van der Waals surface area contributed by atoms with Gasteiger partial charge in [-0.1, -0.05) is 12.1 Å². The second-order valence-corrected chi connectivity index (χ2v) is 6.24. The van der Waals surface area contributed by atoms with Crippen molar-refractivity contribution in [3.63, 3.8) is 0 Å². The molecule has 2 aromatic carbocycles. The van der Waals surface area contributed by atoms with Gasteiger partial charge >= 0.3 is 0 Å². The Morgan fingerprint density at radius 1 is 1.04 bits per heavy atom. The number of carbonyl (C=O) groups is 3. The third-order valence-corrected chi connectivity index (χ3v) is 4.60. The molecule has 1 aliphatic heterocycles. The molecule has 0 radical (unpaired) electrons. The van der Waals surface area contributed by atoms with Crippen LogP contribution in [0, 0.1) is 0 Å². The first kappa shape index (κ1) is 15.4. The van der Waals surface area contributed by atoms with Crippen LogP contribution in [-0.2, 0) is 17.6 Å². The van der Waals surface area contributed by atoms with Gasteiger partial charge in [0.2, 0.25) is 5.91 Å². The largest absolute Gasteiger partial charge is 0.376 e. The Kier molecular flexibility index (Phi) is 3.72. The van der Waals surface area contributed by atoms with E-state index in [1.165, 1.54) is 17.2 Å². The maximum atomic E-state index is 12.2. The molecule has 2 aromatic rings. The second kappa shape index (κ2) is 6.05. The molecule has 0 bridgehead atoms. The molecular formula is C19H17N3O3. The van der Waals surface area contributed by atoms with Gasteiger partial charge in [0.15, 0.2) is 0 Å². The second-order valence-electron chi connectivity index (χ2n) is 6.24. The van der Waals surface area contributed by atoms with Crippen LogP contribution in [0.15, 0.2) is 36.4 Å². The SMILES string of the molecule is O=C(CNc1cccc2c1CCC2)Nc1ccc2c(c1)C(=O)NC2=O. The van der Waals surface area contributed by atoms with E-state index in [4.69, 9.17) is 0 Å². The lowest BCUT2D eigenvalue weighted by atomic mass is 10.1. The molecule has 0 saturated carbocycles. The van der Waals surface area contributed by atoms with E-state index in [1.54, 1.807) is 12.1 Å². The lowest BCUT2D eigenvalue weighted by Gasteiger charge is -2.12. The van der Waals surface area contributed by atoms with Crippen LogP contribution in [-0.4, -0.2) is 24.3 Å². The van der Waals surface area contributed by atoms with Crippen LogP contribution in [0.25, 0.3) is 0 Å². The van der Waals surface area contributed by atoms with Crippen LogP contribution in [0.1, 0.15) is 38.3 Å². The minimum absolute atomic E-state index is 0.138. The molecular weight excluding hydrogens is 318 g/mol. The van der Waals surface area contributed by atoms with Crippen molar-refractivity contribution < 1.29 is 14.4 Å². The number of anilines is 2. The van der Waals surface area contributed by atoms with Crippen molar-refractivity contribution in [2.24, 2.45) is 0 Å². The molecule has 0 aromatic heterocycles. The van der Waals surface area contributed by atoms with Crippen molar-refractivity contribution in [2.75, 3.05) is 17.2 Å². The Labute approximate surface area is 144 Å². The Morgan fingerprint density at radius 3 is 2.76 bits per heavy atom. The highest BCUT2D eigenvalue weighted by Crippen LogP contribution is 2.28. The Balaban J connectivity index is 1.42. The summed E-state index contributed by atoms with van der Waals surface area (Å²) in [4.78, 5) is 35.4. The summed E-state index contributed by atoms with van der Waals surface area (Å²) < 4.78 is 0. The number of imide groups is 1. The fourth-order valence-corrected chi connectivity index (χ4v) is 3.41. The number of hydrogen-bond donors (Lipinski definition) is 3. The van der Waals surface area contributed by atoms with Crippen molar-refractivity contribution in [3.8, 4) is 0 Å². The van der Waals surface area contributed by atoms with Crippen LogP contribution in [0.3, 0.4) is 0 Å². The molecule has 0 spiro atoms. The van der Waals surface area contributed by atoms with E-state index < -0.39 is 11.8 Å². The van der Waals surface area contributed by atoms with Crippen LogP contribution < -0.4 is 16.0 Å². The summed E-state index contributed by atoms with van der Waals surface area (Å²) in [6.45, 7) is 0.138. The number of amides is 3. The first-order valence-electron chi connectivity index (χ1n) is 8.26. The highest BCUT2D eigenvalue weighted by Gasteiger charge is 2.26. The maximum absolute atomic E-state index is 12.2. The van der Waals surface area contributed by atoms with E-state index >= 15 is 0 Å². The molecule has 2 aliphatic rings. The third-order valence-electron chi connectivity index (χ3n) is 4.60. The van der Waals surface area contributed by atoms with E-state index in [1.807, 2.05) is 12.1 Å². The van der Waals surface area contributed by atoms with Gasteiger partial charge < -0.3 is 10.6 Å². The molecule has 3 N–H and O–H groups in total. The summed E-state index contributed by atoms with van der Waals surface area (Å²) in [5, 5.41) is 8.17. The smallest absolute Gasteiger partial charge is 0.259 e. The van der Waals surface area contributed by atoms with Crippen molar-refractivity contribution >= 4 is 29.1 Å². The molecule has 6 heteroatoms. The number of nitrogens with one attached hydrogen (secondary N) is 3.